The lowest BCUT2D eigenvalue weighted by atomic mass is 9.98. The van der Waals surface area contributed by atoms with Gasteiger partial charge in [-0.2, -0.15) is 5.10 Å². The molecule has 1 aliphatic rings. The topological polar surface area (TPSA) is 106 Å². The maximum Gasteiger partial charge on any atom is 0.411 e. The average Bonchev–Trinajstić information content (AvgIpc) is 3.43. The van der Waals surface area contributed by atoms with E-state index in [-0.39, 0.29) is 18.2 Å². The minimum Gasteiger partial charge on any atom is -0.476 e. The second kappa shape index (κ2) is 8.91. The van der Waals surface area contributed by atoms with Crippen LogP contribution >= 0.6 is 0 Å². The quantitative estimate of drug-likeness (QED) is 0.328. The molecule has 0 aliphatic heterocycles. The Morgan fingerprint density at radius 3 is 2.22 bits per heavy atom. The molecule has 0 saturated heterocycles. The number of hydrogen-bond donors (Lipinski definition) is 2. The maximum absolute atomic E-state index is 12.6. The zero-order valence-electron chi connectivity index (χ0n) is 19.9. The number of carboxylic acids is 1. The third-order valence-electron chi connectivity index (χ3n) is 6.71. The van der Waals surface area contributed by atoms with Crippen LogP contribution in [0.2, 0.25) is 0 Å². The predicted octanol–water partition coefficient (Wildman–Crippen LogP) is 5.69. The number of carbonyl (C=O) groups excluding carboxylic acids is 1. The van der Waals surface area contributed by atoms with Gasteiger partial charge in [-0.3, -0.25) is 5.32 Å². The number of aromatic nitrogens is 3. The molecule has 182 valence electrons. The van der Waals surface area contributed by atoms with Crippen molar-refractivity contribution in [3.63, 3.8) is 0 Å². The van der Waals surface area contributed by atoms with Crippen LogP contribution in [0.25, 0.3) is 33.3 Å². The maximum atomic E-state index is 12.6. The number of carbonyl (C=O) groups is 2. The number of fused-ring (bicyclic) bond motifs is 4. The number of anilines is 1. The molecule has 0 atom stereocenters. The van der Waals surface area contributed by atoms with Crippen LogP contribution in [-0.4, -0.2) is 38.5 Å². The number of ether oxygens (including phenoxy) is 1. The molecule has 2 N–H and O–H groups in total. The fourth-order valence-corrected chi connectivity index (χ4v) is 5.05. The molecule has 2 heterocycles. The van der Waals surface area contributed by atoms with Crippen molar-refractivity contribution >= 4 is 28.8 Å². The van der Waals surface area contributed by atoms with E-state index in [9.17, 15) is 14.7 Å². The number of aromatic carboxylic acids is 1. The molecule has 0 bridgehead atoms. The van der Waals surface area contributed by atoms with Crippen molar-refractivity contribution in [1.82, 2.24) is 14.8 Å². The number of aryl methyl sites for hydroxylation is 1. The standard InChI is InChI=1S/C29H22N4O4/c1-33-27-25(26(32-33)28(34)35)19(14-15-30-27)17-10-12-18(13-11-17)31-29(36)37-16-24-22-8-4-2-6-20(22)21-7-3-5-9-23(21)24/h2-15,24H,16H2,1H3,(H,31,36)(H,34,35). The van der Waals surface area contributed by atoms with Crippen molar-refractivity contribution in [2.75, 3.05) is 11.9 Å². The van der Waals surface area contributed by atoms with E-state index in [1.807, 2.05) is 36.4 Å². The predicted molar refractivity (Wildman–Crippen MR) is 140 cm³/mol. The molecule has 3 aromatic carbocycles. The summed E-state index contributed by atoms with van der Waals surface area (Å²) in [7, 11) is 1.66. The summed E-state index contributed by atoms with van der Waals surface area (Å²) in [6, 6.07) is 25.3. The van der Waals surface area contributed by atoms with Crippen molar-refractivity contribution in [2.24, 2.45) is 7.05 Å². The van der Waals surface area contributed by atoms with E-state index in [0.29, 0.717) is 22.3 Å². The minimum absolute atomic E-state index is 0.0162. The van der Waals surface area contributed by atoms with Crippen LogP contribution in [0, 0.1) is 0 Å². The van der Waals surface area contributed by atoms with Gasteiger partial charge in [-0.25, -0.2) is 19.3 Å². The molecule has 0 unspecified atom stereocenters. The molecule has 1 amide bonds. The second-order valence-corrected chi connectivity index (χ2v) is 8.86. The molecule has 6 rings (SSSR count). The zero-order chi connectivity index (χ0) is 25.5. The average molecular weight is 491 g/mol. The Morgan fingerprint density at radius 1 is 0.919 bits per heavy atom. The summed E-state index contributed by atoms with van der Waals surface area (Å²) in [4.78, 5) is 28.6. The highest BCUT2D eigenvalue weighted by molar-refractivity contribution is 6.07. The van der Waals surface area contributed by atoms with E-state index in [2.05, 4.69) is 39.7 Å². The van der Waals surface area contributed by atoms with Gasteiger partial charge in [0.2, 0.25) is 0 Å². The van der Waals surface area contributed by atoms with Crippen molar-refractivity contribution in [1.29, 1.82) is 0 Å². The Labute approximate surface area is 212 Å². The van der Waals surface area contributed by atoms with Gasteiger partial charge in [0, 0.05) is 24.8 Å². The fraction of sp³-hybridized carbons (Fsp3) is 0.103. The third-order valence-corrected chi connectivity index (χ3v) is 6.71. The second-order valence-electron chi connectivity index (χ2n) is 8.86. The van der Waals surface area contributed by atoms with Gasteiger partial charge >= 0.3 is 12.1 Å². The van der Waals surface area contributed by atoms with Crippen LogP contribution in [-0.2, 0) is 11.8 Å². The van der Waals surface area contributed by atoms with Gasteiger partial charge in [-0.1, -0.05) is 60.7 Å². The number of rotatable bonds is 5. The molecule has 37 heavy (non-hydrogen) atoms. The summed E-state index contributed by atoms with van der Waals surface area (Å²) in [5, 5.41) is 16.9. The van der Waals surface area contributed by atoms with Crippen molar-refractivity contribution in [2.45, 2.75) is 5.92 Å². The first kappa shape index (κ1) is 22.5. The van der Waals surface area contributed by atoms with E-state index < -0.39 is 12.1 Å². The Bertz CT molecular complexity index is 1630. The summed E-state index contributed by atoms with van der Waals surface area (Å²) >= 11 is 0. The van der Waals surface area contributed by atoms with Gasteiger partial charge in [-0.15, -0.1) is 0 Å². The van der Waals surface area contributed by atoms with E-state index in [1.54, 1.807) is 31.4 Å². The molecule has 8 heteroatoms. The number of benzene rings is 3. The van der Waals surface area contributed by atoms with Crippen LogP contribution in [0.3, 0.4) is 0 Å². The van der Waals surface area contributed by atoms with Crippen LogP contribution < -0.4 is 5.32 Å². The van der Waals surface area contributed by atoms with E-state index in [1.165, 1.54) is 15.8 Å². The highest BCUT2D eigenvalue weighted by Crippen LogP contribution is 2.44. The van der Waals surface area contributed by atoms with Gasteiger partial charge in [-0.05, 0) is 51.6 Å². The van der Waals surface area contributed by atoms with Gasteiger partial charge in [0.15, 0.2) is 11.3 Å². The lowest BCUT2D eigenvalue weighted by Gasteiger charge is -2.14. The van der Waals surface area contributed by atoms with E-state index in [0.717, 1.165) is 16.7 Å². The number of nitrogens with one attached hydrogen (secondary N) is 1. The van der Waals surface area contributed by atoms with Gasteiger partial charge in [0.25, 0.3) is 0 Å². The fourth-order valence-electron chi connectivity index (χ4n) is 5.05. The Balaban J connectivity index is 1.18. The van der Waals surface area contributed by atoms with Crippen molar-refractivity contribution in [3.05, 3.63) is 102 Å². The number of hydrogen-bond acceptors (Lipinski definition) is 5. The molecule has 1 aliphatic carbocycles. The highest BCUT2D eigenvalue weighted by Gasteiger charge is 2.29. The van der Waals surface area contributed by atoms with Crippen molar-refractivity contribution < 1.29 is 19.4 Å². The molecule has 5 aromatic rings. The minimum atomic E-state index is -1.12. The summed E-state index contributed by atoms with van der Waals surface area (Å²) in [5.74, 6) is -1.13. The summed E-state index contributed by atoms with van der Waals surface area (Å²) < 4.78 is 7.08. The van der Waals surface area contributed by atoms with Crippen LogP contribution in [0.15, 0.2) is 85.1 Å². The van der Waals surface area contributed by atoms with Crippen molar-refractivity contribution in [3.8, 4) is 22.3 Å². The third kappa shape index (κ3) is 3.88. The van der Waals surface area contributed by atoms with E-state index in [4.69, 9.17) is 4.74 Å². The molecule has 8 nitrogen and oxygen atoms in total. The van der Waals surface area contributed by atoms with Crippen LogP contribution in [0.4, 0.5) is 10.5 Å². The largest absolute Gasteiger partial charge is 0.476 e. The monoisotopic (exact) mass is 490 g/mol. The highest BCUT2D eigenvalue weighted by atomic mass is 16.5. The lowest BCUT2D eigenvalue weighted by molar-refractivity contribution is 0.0691. The Morgan fingerprint density at radius 2 is 1.57 bits per heavy atom. The van der Waals surface area contributed by atoms with Gasteiger partial charge in [0.1, 0.15) is 6.61 Å². The molecular formula is C29H22N4O4. The molecule has 0 spiro atoms. The zero-order valence-corrected chi connectivity index (χ0v) is 19.9. The first-order chi connectivity index (χ1) is 18.0. The molecule has 0 radical (unpaired) electrons. The first-order valence-electron chi connectivity index (χ1n) is 11.8. The number of carboxylic acid groups (broad SMARTS) is 1. The lowest BCUT2D eigenvalue weighted by Crippen LogP contribution is -2.17. The Hall–Kier alpha value is -4.98. The molecule has 0 fully saturated rings. The van der Waals surface area contributed by atoms with Crippen LogP contribution in [0.1, 0.15) is 27.5 Å². The molecule has 2 aromatic heterocycles. The van der Waals surface area contributed by atoms with Gasteiger partial charge in [0.05, 0.1) is 5.39 Å². The first-order valence-corrected chi connectivity index (χ1v) is 11.8. The Kier molecular flexibility index (Phi) is 5.41. The number of nitrogens with zero attached hydrogens (tertiary/aromatic N) is 3. The number of amides is 1. The van der Waals surface area contributed by atoms with E-state index >= 15 is 0 Å². The van der Waals surface area contributed by atoms with Gasteiger partial charge < -0.3 is 9.84 Å². The molecule has 0 saturated carbocycles. The summed E-state index contributed by atoms with van der Waals surface area (Å²) in [6.45, 7) is 0.228. The number of pyridine rings is 1. The SMILES string of the molecule is Cn1nc(C(=O)O)c2c(-c3ccc(NC(=O)OCC4c5ccccc5-c5ccccc54)cc3)ccnc21. The van der Waals surface area contributed by atoms with Crippen LogP contribution in [0.5, 0.6) is 0 Å². The molecular weight excluding hydrogens is 468 g/mol. The summed E-state index contributed by atoms with van der Waals surface area (Å²) in [5.41, 5.74) is 7.12. The normalized spacial score (nSPS) is 12.2. The smallest absolute Gasteiger partial charge is 0.411 e. The summed E-state index contributed by atoms with van der Waals surface area (Å²) in [6.07, 6.45) is 1.08.